The Bertz CT molecular complexity index is 1170. The molecule has 3 aromatic rings. The predicted octanol–water partition coefficient (Wildman–Crippen LogP) is 2.14. The zero-order valence-electron chi connectivity index (χ0n) is 18.5. The minimum Gasteiger partial charge on any atom is -0.389 e. The molecule has 3 aromatic heterocycles. The summed E-state index contributed by atoms with van der Waals surface area (Å²) in [6, 6.07) is 2.47. The van der Waals surface area contributed by atoms with Crippen LogP contribution in [-0.2, 0) is 4.74 Å². The Balaban J connectivity index is 1.20. The molecule has 2 atom stereocenters. The number of ether oxygens (including phenoxy) is 1. The van der Waals surface area contributed by atoms with Gasteiger partial charge >= 0.3 is 0 Å². The van der Waals surface area contributed by atoms with Gasteiger partial charge in [-0.2, -0.15) is 10.1 Å². The molecule has 5 heterocycles. The highest BCUT2D eigenvalue weighted by atomic mass is 35.5. The van der Waals surface area contributed by atoms with E-state index in [0.29, 0.717) is 35.9 Å². The zero-order chi connectivity index (χ0) is 22.5. The molecular weight excluding hydrogens is 444 g/mol. The molecule has 1 saturated carbocycles. The summed E-state index contributed by atoms with van der Waals surface area (Å²) >= 11 is 6.59. The largest absolute Gasteiger partial charge is 0.389 e. The summed E-state index contributed by atoms with van der Waals surface area (Å²) in [6.07, 6.45) is 5.53. The van der Waals surface area contributed by atoms with Gasteiger partial charge in [0.05, 0.1) is 54.0 Å². The molecule has 0 radical (unpaired) electrons. The van der Waals surface area contributed by atoms with Gasteiger partial charge in [0, 0.05) is 37.8 Å². The minimum absolute atomic E-state index is 0.0706. The summed E-state index contributed by atoms with van der Waals surface area (Å²) in [4.78, 5) is 18.4. The lowest BCUT2D eigenvalue weighted by Gasteiger charge is -2.39. The molecule has 3 aliphatic rings. The Hall–Kier alpha value is -2.53. The number of nitrogens with zero attached hydrogens (tertiary/aromatic N) is 7. The molecule has 33 heavy (non-hydrogen) atoms. The van der Waals surface area contributed by atoms with Crippen LogP contribution >= 0.6 is 11.6 Å². The van der Waals surface area contributed by atoms with Gasteiger partial charge in [-0.25, -0.2) is 9.97 Å². The van der Waals surface area contributed by atoms with Gasteiger partial charge in [-0.3, -0.25) is 9.58 Å². The second-order valence-corrected chi connectivity index (χ2v) is 9.45. The van der Waals surface area contributed by atoms with Crippen molar-refractivity contribution in [3.63, 3.8) is 0 Å². The fraction of sp³-hybridized carbons (Fsp3) is 0.545. The van der Waals surface area contributed by atoms with Crippen LogP contribution in [0.1, 0.15) is 24.6 Å². The molecule has 6 rings (SSSR count). The van der Waals surface area contributed by atoms with E-state index < -0.39 is 6.10 Å². The number of aliphatic hydroxyl groups excluding tert-OH is 1. The molecule has 2 unspecified atom stereocenters. The Morgan fingerprint density at radius 1 is 1.12 bits per heavy atom. The second kappa shape index (κ2) is 8.35. The van der Waals surface area contributed by atoms with Gasteiger partial charge in [0.2, 0.25) is 5.95 Å². The number of rotatable bonds is 5. The van der Waals surface area contributed by atoms with Crippen LogP contribution in [0.3, 0.4) is 0 Å². The first-order valence-electron chi connectivity index (χ1n) is 11.5. The maximum Gasteiger partial charge on any atom is 0.229 e. The smallest absolute Gasteiger partial charge is 0.229 e. The van der Waals surface area contributed by atoms with Crippen molar-refractivity contribution < 1.29 is 9.84 Å². The highest BCUT2D eigenvalue weighted by Gasteiger charge is 2.34. The fourth-order valence-electron chi connectivity index (χ4n) is 4.71. The SMILES string of the molecule is Cc1c(Nc2ncc3cc(Cl)c(N4CCN(C5COCC5O)CC4)nc3n2)cnn1C1CC1. The molecule has 2 saturated heterocycles. The number of hydrogen-bond acceptors (Lipinski definition) is 9. The van der Waals surface area contributed by atoms with Crippen LogP contribution in [0.5, 0.6) is 0 Å². The number of aliphatic hydroxyl groups is 1. The van der Waals surface area contributed by atoms with Crippen LogP contribution in [0.2, 0.25) is 5.02 Å². The first kappa shape index (κ1) is 21.0. The van der Waals surface area contributed by atoms with Crippen LogP contribution in [-0.4, -0.2) is 86.3 Å². The first-order chi connectivity index (χ1) is 16.1. The molecule has 0 aromatic carbocycles. The normalized spacial score (nSPS) is 24.0. The van der Waals surface area contributed by atoms with Crippen LogP contribution < -0.4 is 10.2 Å². The van der Waals surface area contributed by atoms with E-state index in [0.717, 1.165) is 48.8 Å². The molecule has 0 bridgehead atoms. The van der Waals surface area contributed by atoms with Crippen molar-refractivity contribution in [2.45, 2.75) is 38.0 Å². The van der Waals surface area contributed by atoms with E-state index in [1.165, 1.54) is 12.8 Å². The van der Waals surface area contributed by atoms with Crippen molar-refractivity contribution >= 4 is 40.1 Å². The third kappa shape index (κ3) is 4.01. The molecule has 3 fully saturated rings. The van der Waals surface area contributed by atoms with Gasteiger partial charge < -0.3 is 20.1 Å². The topological polar surface area (TPSA) is 104 Å². The minimum atomic E-state index is -0.415. The van der Waals surface area contributed by atoms with Gasteiger partial charge in [0.25, 0.3) is 0 Å². The second-order valence-electron chi connectivity index (χ2n) is 9.04. The third-order valence-electron chi connectivity index (χ3n) is 6.79. The number of anilines is 3. The molecule has 1 aliphatic carbocycles. The monoisotopic (exact) mass is 470 g/mol. The van der Waals surface area contributed by atoms with E-state index >= 15 is 0 Å². The number of fused-ring (bicyclic) bond motifs is 1. The Kier molecular flexibility index (Phi) is 5.33. The molecule has 0 amide bonds. The molecular formula is C22H27ClN8O2. The molecule has 10 nitrogen and oxygen atoms in total. The number of piperazine rings is 1. The van der Waals surface area contributed by atoms with Gasteiger partial charge in [0.1, 0.15) is 5.82 Å². The van der Waals surface area contributed by atoms with Crippen molar-refractivity contribution in [3.05, 3.63) is 29.2 Å². The molecule has 0 spiro atoms. The van der Waals surface area contributed by atoms with Gasteiger partial charge in [0.15, 0.2) is 5.65 Å². The highest BCUT2D eigenvalue weighted by molar-refractivity contribution is 6.33. The number of pyridine rings is 1. The summed E-state index contributed by atoms with van der Waals surface area (Å²) in [5, 5.41) is 19.3. The number of aromatic nitrogens is 5. The van der Waals surface area contributed by atoms with Crippen LogP contribution in [0, 0.1) is 6.92 Å². The van der Waals surface area contributed by atoms with Crippen molar-refractivity contribution in [1.82, 2.24) is 29.6 Å². The van der Waals surface area contributed by atoms with Crippen LogP contribution in [0.15, 0.2) is 18.5 Å². The third-order valence-corrected chi connectivity index (χ3v) is 7.07. The van der Waals surface area contributed by atoms with Crippen LogP contribution in [0.4, 0.5) is 17.5 Å². The maximum absolute atomic E-state index is 10.1. The molecule has 174 valence electrons. The van der Waals surface area contributed by atoms with E-state index in [-0.39, 0.29) is 6.04 Å². The molecule has 11 heteroatoms. The van der Waals surface area contributed by atoms with Crippen molar-refractivity contribution in [3.8, 4) is 0 Å². The lowest BCUT2D eigenvalue weighted by Crippen LogP contribution is -2.53. The Morgan fingerprint density at radius 2 is 1.94 bits per heavy atom. The Labute approximate surface area is 196 Å². The standard InChI is InChI=1S/C22H27ClN8O2/c1-13-17(10-25-31(13)15-2-3-15)26-22-24-9-14-8-16(23)21(27-20(14)28-22)30-6-4-29(5-7-30)18-11-33-12-19(18)32/h8-10,15,18-19,32H,2-7,11-12H2,1H3,(H,24,26,27,28). The Morgan fingerprint density at radius 3 is 2.67 bits per heavy atom. The summed E-state index contributed by atoms with van der Waals surface area (Å²) in [7, 11) is 0. The molecule has 2 aliphatic heterocycles. The average molecular weight is 471 g/mol. The van der Waals surface area contributed by atoms with E-state index in [1.54, 1.807) is 6.20 Å². The van der Waals surface area contributed by atoms with Crippen molar-refractivity contribution in [2.24, 2.45) is 0 Å². The summed E-state index contributed by atoms with van der Waals surface area (Å²) in [5.41, 5.74) is 2.59. The maximum atomic E-state index is 10.1. The van der Waals surface area contributed by atoms with E-state index in [4.69, 9.17) is 21.3 Å². The molecule has 2 N–H and O–H groups in total. The van der Waals surface area contributed by atoms with Gasteiger partial charge in [-0.05, 0) is 25.8 Å². The fourth-order valence-corrected chi connectivity index (χ4v) is 4.99. The van der Waals surface area contributed by atoms with E-state index in [1.807, 2.05) is 12.3 Å². The van der Waals surface area contributed by atoms with Gasteiger partial charge in [-0.1, -0.05) is 11.6 Å². The number of hydrogen-bond donors (Lipinski definition) is 2. The van der Waals surface area contributed by atoms with Crippen LogP contribution in [0.25, 0.3) is 11.0 Å². The van der Waals surface area contributed by atoms with Crippen molar-refractivity contribution in [1.29, 1.82) is 0 Å². The van der Waals surface area contributed by atoms with Gasteiger partial charge in [-0.15, -0.1) is 0 Å². The summed E-state index contributed by atoms with van der Waals surface area (Å²) in [5.74, 6) is 1.22. The quantitative estimate of drug-likeness (QED) is 0.580. The van der Waals surface area contributed by atoms with E-state index in [9.17, 15) is 5.11 Å². The number of nitrogens with one attached hydrogen (secondary N) is 1. The van der Waals surface area contributed by atoms with Crippen molar-refractivity contribution in [2.75, 3.05) is 49.6 Å². The zero-order valence-corrected chi connectivity index (χ0v) is 19.2. The number of halogens is 1. The lowest BCUT2D eigenvalue weighted by molar-refractivity contribution is 0.0784. The summed E-state index contributed by atoms with van der Waals surface area (Å²) < 4.78 is 7.48. The first-order valence-corrected chi connectivity index (χ1v) is 11.8. The predicted molar refractivity (Wildman–Crippen MR) is 125 cm³/mol. The van der Waals surface area contributed by atoms with E-state index in [2.05, 4.69) is 41.8 Å². The lowest BCUT2D eigenvalue weighted by atomic mass is 10.1. The summed E-state index contributed by atoms with van der Waals surface area (Å²) in [6.45, 7) is 6.25. The average Bonchev–Trinajstić information content (AvgIpc) is 3.47. The highest BCUT2D eigenvalue weighted by Crippen LogP contribution is 2.37.